The van der Waals surface area contributed by atoms with Gasteiger partial charge in [0, 0.05) is 19.6 Å². The fourth-order valence-corrected chi connectivity index (χ4v) is 2.69. The summed E-state index contributed by atoms with van der Waals surface area (Å²) in [5.74, 6) is 0.555. The zero-order valence-electron chi connectivity index (χ0n) is 13.9. The van der Waals surface area contributed by atoms with Crippen molar-refractivity contribution in [3.05, 3.63) is 18.0 Å². The van der Waals surface area contributed by atoms with Crippen molar-refractivity contribution in [3.63, 3.8) is 0 Å². The van der Waals surface area contributed by atoms with E-state index in [2.05, 4.69) is 52.6 Å². The third-order valence-electron chi connectivity index (χ3n) is 4.05. The number of likely N-dealkylation sites (tertiary alicyclic amines) is 1. The van der Waals surface area contributed by atoms with Crippen molar-refractivity contribution in [1.82, 2.24) is 30.4 Å². The van der Waals surface area contributed by atoms with Gasteiger partial charge in [-0.15, -0.1) is 5.10 Å². The van der Waals surface area contributed by atoms with Crippen molar-refractivity contribution < 1.29 is 4.79 Å². The van der Waals surface area contributed by atoms with Crippen LogP contribution in [0.4, 0.5) is 0 Å². The van der Waals surface area contributed by atoms with Gasteiger partial charge in [-0.25, -0.2) is 4.68 Å². The molecule has 0 aliphatic carbocycles. The van der Waals surface area contributed by atoms with Gasteiger partial charge in [-0.1, -0.05) is 25.5 Å². The van der Waals surface area contributed by atoms with Crippen molar-refractivity contribution in [2.24, 2.45) is 5.92 Å². The molecule has 1 aliphatic heterocycles. The third kappa shape index (κ3) is 4.13. The quantitative estimate of drug-likeness (QED) is 0.794. The SMILES string of the molecule is C/C=C(\C)CN1C[C@H](n2cnnn2)C[C@H]1C(=O)NCC(C)C. The zero-order valence-corrected chi connectivity index (χ0v) is 13.9. The molecular formula is C15H26N6O. The van der Waals surface area contributed by atoms with Gasteiger partial charge in [0.2, 0.25) is 5.91 Å². The number of tetrazole rings is 1. The molecule has 2 atom stereocenters. The summed E-state index contributed by atoms with van der Waals surface area (Å²) < 4.78 is 1.76. The lowest BCUT2D eigenvalue weighted by atomic mass is 10.1. The summed E-state index contributed by atoms with van der Waals surface area (Å²) >= 11 is 0. The number of hydrogen-bond acceptors (Lipinski definition) is 5. The molecule has 22 heavy (non-hydrogen) atoms. The molecule has 1 N–H and O–H groups in total. The number of rotatable bonds is 6. The predicted octanol–water partition coefficient (Wildman–Crippen LogP) is 1.03. The lowest BCUT2D eigenvalue weighted by molar-refractivity contribution is -0.125. The summed E-state index contributed by atoms with van der Waals surface area (Å²) in [6.45, 7) is 10.6. The normalized spacial score (nSPS) is 23.2. The highest BCUT2D eigenvalue weighted by atomic mass is 16.2. The van der Waals surface area contributed by atoms with Crippen LogP contribution < -0.4 is 5.32 Å². The molecule has 0 bridgehead atoms. The van der Waals surface area contributed by atoms with Gasteiger partial charge < -0.3 is 5.32 Å². The Morgan fingerprint density at radius 3 is 2.86 bits per heavy atom. The van der Waals surface area contributed by atoms with Crippen LogP contribution >= 0.6 is 0 Å². The van der Waals surface area contributed by atoms with E-state index in [1.54, 1.807) is 11.0 Å². The number of hydrogen-bond donors (Lipinski definition) is 1. The van der Waals surface area contributed by atoms with Crippen molar-refractivity contribution >= 4 is 5.91 Å². The molecule has 2 rings (SSSR count). The largest absolute Gasteiger partial charge is 0.354 e. The van der Waals surface area contributed by atoms with Gasteiger partial charge in [0.05, 0.1) is 12.1 Å². The Morgan fingerprint density at radius 1 is 1.50 bits per heavy atom. The maximum Gasteiger partial charge on any atom is 0.237 e. The second-order valence-electron chi connectivity index (χ2n) is 6.40. The van der Waals surface area contributed by atoms with Crippen molar-refractivity contribution in [3.8, 4) is 0 Å². The van der Waals surface area contributed by atoms with Crippen LogP contribution in [0.3, 0.4) is 0 Å². The summed E-state index contributed by atoms with van der Waals surface area (Å²) in [6, 6.07) is 0.0253. The Hall–Kier alpha value is -1.76. The van der Waals surface area contributed by atoms with Crippen LogP contribution in [0.1, 0.15) is 40.2 Å². The molecule has 0 radical (unpaired) electrons. The fourth-order valence-electron chi connectivity index (χ4n) is 2.69. The molecule has 7 heteroatoms. The van der Waals surface area contributed by atoms with E-state index in [0.29, 0.717) is 12.5 Å². The Balaban J connectivity index is 2.07. The van der Waals surface area contributed by atoms with E-state index in [1.807, 2.05) is 6.92 Å². The zero-order chi connectivity index (χ0) is 16.1. The van der Waals surface area contributed by atoms with Gasteiger partial charge in [-0.2, -0.15) is 0 Å². The standard InChI is InChI=1S/C15H26N6O/c1-5-12(4)8-20-9-13(21-10-17-18-19-21)6-14(20)15(22)16-7-11(2)3/h5,10-11,13-14H,6-9H2,1-4H3,(H,16,22)/b12-5+/t13-,14+/m1/s1. The molecule has 1 fully saturated rings. The number of amides is 1. The Bertz CT molecular complexity index is 510. The van der Waals surface area contributed by atoms with E-state index < -0.39 is 0 Å². The molecule has 2 heterocycles. The topological polar surface area (TPSA) is 75.9 Å². The fraction of sp³-hybridized carbons (Fsp3) is 0.733. The minimum absolute atomic E-state index is 0.105. The van der Waals surface area contributed by atoms with Crippen LogP contribution in [-0.4, -0.2) is 56.7 Å². The van der Waals surface area contributed by atoms with Crippen LogP contribution in [0, 0.1) is 5.92 Å². The summed E-state index contributed by atoms with van der Waals surface area (Å²) in [7, 11) is 0. The second-order valence-corrected chi connectivity index (χ2v) is 6.40. The number of nitrogens with one attached hydrogen (secondary N) is 1. The minimum Gasteiger partial charge on any atom is -0.354 e. The first-order valence-electron chi connectivity index (χ1n) is 7.87. The number of allylic oxidation sites excluding steroid dienone is 1. The summed E-state index contributed by atoms with van der Waals surface area (Å²) in [4.78, 5) is 14.7. The molecule has 0 saturated carbocycles. The van der Waals surface area contributed by atoms with Gasteiger partial charge in [-0.3, -0.25) is 9.69 Å². The number of carbonyl (C=O) groups excluding carboxylic acids is 1. The molecule has 1 saturated heterocycles. The van der Waals surface area contributed by atoms with Crippen LogP contribution in [0.2, 0.25) is 0 Å². The molecule has 7 nitrogen and oxygen atoms in total. The molecule has 1 aliphatic rings. The van der Waals surface area contributed by atoms with Gasteiger partial charge in [0.15, 0.2) is 0 Å². The van der Waals surface area contributed by atoms with Crippen LogP contribution in [-0.2, 0) is 4.79 Å². The Kier molecular flexibility index (Phi) is 5.65. The lowest BCUT2D eigenvalue weighted by Gasteiger charge is -2.24. The molecule has 122 valence electrons. The highest BCUT2D eigenvalue weighted by Crippen LogP contribution is 2.27. The molecule has 1 amide bonds. The van der Waals surface area contributed by atoms with E-state index >= 15 is 0 Å². The minimum atomic E-state index is -0.122. The van der Waals surface area contributed by atoms with Crippen molar-refractivity contribution in [1.29, 1.82) is 0 Å². The van der Waals surface area contributed by atoms with Crippen LogP contribution in [0.5, 0.6) is 0 Å². The predicted molar refractivity (Wildman–Crippen MR) is 84.1 cm³/mol. The van der Waals surface area contributed by atoms with Gasteiger partial charge in [0.1, 0.15) is 6.33 Å². The first-order valence-corrected chi connectivity index (χ1v) is 7.87. The van der Waals surface area contributed by atoms with E-state index in [4.69, 9.17) is 0 Å². The van der Waals surface area contributed by atoms with E-state index in [9.17, 15) is 4.79 Å². The molecular weight excluding hydrogens is 280 g/mol. The van der Waals surface area contributed by atoms with Crippen LogP contribution in [0.25, 0.3) is 0 Å². The highest BCUT2D eigenvalue weighted by molar-refractivity contribution is 5.82. The Labute approximate surface area is 131 Å². The van der Waals surface area contributed by atoms with Gasteiger partial charge in [-0.05, 0) is 36.6 Å². The second kappa shape index (κ2) is 7.49. The van der Waals surface area contributed by atoms with Crippen LogP contribution in [0.15, 0.2) is 18.0 Å². The van der Waals surface area contributed by atoms with Gasteiger partial charge >= 0.3 is 0 Å². The summed E-state index contributed by atoms with van der Waals surface area (Å²) in [5.41, 5.74) is 1.26. The number of nitrogens with zero attached hydrogens (tertiary/aromatic N) is 5. The lowest BCUT2D eigenvalue weighted by Crippen LogP contribution is -2.44. The molecule has 1 aromatic heterocycles. The summed E-state index contributed by atoms with van der Waals surface area (Å²) in [6.07, 6.45) is 4.46. The molecule has 0 unspecified atom stereocenters. The smallest absolute Gasteiger partial charge is 0.237 e. The highest BCUT2D eigenvalue weighted by Gasteiger charge is 2.37. The maximum absolute atomic E-state index is 12.5. The van der Waals surface area contributed by atoms with E-state index in [-0.39, 0.29) is 18.0 Å². The molecule has 0 spiro atoms. The Morgan fingerprint density at radius 2 is 2.27 bits per heavy atom. The number of aromatic nitrogens is 4. The third-order valence-corrected chi connectivity index (χ3v) is 4.05. The summed E-state index contributed by atoms with van der Waals surface area (Å²) in [5, 5.41) is 14.4. The molecule has 0 aromatic carbocycles. The van der Waals surface area contributed by atoms with E-state index in [1.165, 1.54) is 5.57 Å². The average Bonchev–Trinajstić information content (AvgIpc) is 3.13. The number of carbonyl (C=O) groups is 1. The monoisotopic (exact) mass is 306 g/mol. The first-order chi connectivity index (χ1) is 10.5. The van der Waals surface area contributed by atoms with Crippen molar-refractivity contribution in [2.45, 2.75) is 46.2 Å². The van der Waals surface area contributed by atoms with Gasteiger partial charge in [0.25, 0.3) is 0 Å². The molecule has 1 aromatic rings. The maximum atomic E-state index is 12.5. The first kappa shape index (κ1) is 16.6. The van der Waals surface area contributed by atoms with E-state index in [0.717, 1.165) is 19.5 Å². The van der Waals surface area contributed by atoms with Crippen molar-refractivity contribution in [2.75, 3.05) is 19.6 Å². The average molecular weight is 306 g/mol.